The Morgan fingerprint density at radius 2 is 0.927 bits per heavy atom. The molecule has 4 nitrogen and oxygen atoms in total. The lowest BCUT2D eigenvalue weighted by molar-refractivity contribution is 0.414. The maximum Gasteiger partial charge on any atom is 0.138 e. The van der Waals surface area contributed by atoms with Crippen molar-refractivity contribution in [2.75, 3.05) is 14.2 Å². The fourth-order valence-electron chi connectivity index (χ4n) is 5.48. The van der Waals surface area contributed by atoms with Crippen LogP contribution in [0.3, 0.4) is 0 Å². The summed E-state index contributed by atoms with van der Waals surface area (Å²) >= 11 is 4.01. The summed E-state index contributed by atoms with van der Waals surface area (Å²) in [6.45, 7) is 0. The number of hydrogen-bond acceptors (Lipinski definition) is 3. The van der Waals surface area contributed by atoms with Gasteiger partial charge in [-0.15, -0.1) is 0 Å². The molecule has 6 rings (SSSR count). The van der Waals surface area contributed by atoms with Gasteiger partial charge in [0.1, 0.15) is 22.7 Å². The molecule has 0 bridgehead atoms. The third-order valence-corrected chi connectivity index (χ3v) is 8.20. The number of ether oxygens (including phenoxy) is 2. The molecule has 1 heterocycles. The largest absolute Gasteiger partial charge is 0.497 e. The van der Waals surface area contributed by atoms with E-state index in [9.17, 15) is 0 Å². The Kier molecular flexibility index (Phi) is 7.45. The van der Waals surface area contributed by atoms with Crippen molar-refractivity contribution in [3.63, 3.8) is 0 Å². The fourth-order valence-corrected chi connectivity index (χ4v) is 6.18. The molecule has 0 saturated carbocycles. The molecular weight excluding hydrogens is 572 g/mol. The minimum Gasteiger partial charge on any atom is -0.497 e. The first-order valence-electron chi connectivity index (χ1n) is 13.4. The predicted molar refractivity (Wildman–Crippen MR) is 169 cm³/mol. The Morgan fingerprint density at radius 1 is 0.537 bits per heavy atom. The third-order valence-electron chi connectivity index (χ3n) is 7.45. The highest BCUT2D eigenvalue weighted by Gasteiger charge is 2.42. The van der Waals surface area contributed by atoms with Crippen LogP contribution in [0.25, 0.3) is 22.5 Å². The molecule has 0 radical (unpaired) electrons. The number of aromatic nitrogens is 2. The van der Waals surface area contributed by atoms with Crippen molar-refractivity contribution in [2.45, 2.75) is 5.54 Å². The summed E-state index contributed by atoms with van der Waals surface area (Å²) in [5.74, 6) is 1.60. The molecule has 41 heavy (non-hydrogen) atoms. The second-order valence-corrected chi connectivity index (χ2v) is 10.5. The van der Waals surface area contributed by atoms with E-state index in [0.29, 0.717) is 0 Å². The standard InChI is InChI=1S/C36H29BrN2O2/c1-40-31-22-18-26(19-23-31)34-33(37)35(27-20-24-32(41-2)25-21-27)39(38-34)36(28-12-6-3-7-13-28,29-14-8-4-9-15-29)30-16-10-5-11-17-30/h3-25H,1-2H3. The lowest BCUT2D eigenvalue weighted by atomic mass is 9.76. The van der Waals surface area contributed by atoms with Crippen LogP contribution in [0.2, 0.25) is 0 Å². The fraction of sp³-hybridized carbons (Fsp3) is 0.0833. The summed E-state index contributed by atoms with van der Waals surface area (Å²) in [5, 5.41) is 5.45. The predicted octanol–water partition coefficient (Wildman–Crippen LogP) is 8.84. The van der Waals surface area contributed by atoms with Gasteiger partial charge in [0, 0.05) is 11.1 Å². The lowest BCUT2D eigenvalue weighted by Crippen LogP contribution is -2.39. The molecule has 0 N–H and O–H groups in total. The van der Waals surface area contributed by atoms with Crippen LogP contribution in [0.4, 0.5) is 0 Å². The number of methoxy groups -OCH3 is 2. The number of benzene rings is 5. The Bertz CT molecular complexity index is 1640. The smallest absolute Gasteiger partial charge is 0.138 e. The Morgan fingerprint density at radius 3 is 1.32 bits per heavy atom. The minimum absolute atomic E-state index is 0.785. The van der Waals surface area contributed by atoms with Gasteiger partial charge in [0.25, 0.3) is 0 Å². The number of halogens is 1. The molecule has 0 spiro atoms. The van der Waals surface area contributed by atoms with E-state index in [0.717, 1.165) is 55.2 Å². The number of rotatable bonds is 8. The molecular formula is C36H29BrN2O2. The van der Waals surface area contributed by atoms with Crippen LogP contribution in [0, 0.1) is 0 Å². The highest BCUT2D eigenvalue weighted by Crippen LogP contribution is 2.47. The SMILES string of the molecule is COc1ccc(-c2nn(C(c3ccccc3)(c3ccccc3)c3ccccc3)c(-c3ccc(OC)cc3)c2Br)cc1. The monoisotopic (exact) mass is 600 g/mol. The van der Waals surface area contributed by atoms with Crippen molar-refractivity contribution < 1.29 is 9.47 Å². The molecule has 5 heteroatoms. The van der Waals surface area contributed by atoms with Gasteiger partial charge in [-0.1, -0.05) is 91.0 Å². The van der Waals surface area contributed by atoms with E-state index < -0.39 is 5.54 Å². The zero-order chi connectivity index (χ0) is 28.2. The maximum atomic E-state index is 5.49. The van der Waals surface area contributed by atoms with Gasteiger partial charge in [-0.25, -0.2) is 4.68 Å². The molecule has 0 atom stereocenters. The highest BCUT2D eigenvalue weighted by molar-refractivity contribution is 9.10. The Labute approximate surface area is 249 Å². The molecule has 202 valence electrons. The lowest BCUT2D eigenvalue weighted by Gasteiger charge is -2.37. The molecule has 0 unspecified atom stereocenters. The molecule has 5 aromatic carbocycles. The van der Waals surface area contributed by atoms with Gasteiger partial charge in [0.05, 0.1) is 24.4 Å². The van der Waals surface area contributed by atoms with Gasteiger partial charge < -0.3 is 9.47 Å². The zero-order valence-electron chi connectivity index (χ0n) is 22.9. The van der Waals surface area contributed by atoms with Crippen LogP contribution in [-0.4, -0.2) is 24.0 Å². The Hall–Kier alpha value is -4.61. The van der Waals surface area contributed by atoms with Crippen molar-refractivity contribution in [3.8, 4) is 34.0 Å². The summed E-state index contributed by atoms with van der Waals surface area (Å²) in [5.41, 5.74) is 6.30. The highest BCUT2D eigenvalue weighted by atomic mass is 79.9. The van der Waals surface area contributed by atoms with Crippen LogP contribution in [0.1, 0.15) is 16.7 Å². The van der Waals surface area contributed by atoms with Gasteiger partial charge in [-0.05, 0) is 81.2 Å². The average molecular weight is 602 g/mol. The van der Waals surface area contributed by atoms with E-state index in [2.05, 4.69) is 124 Å². The van der Waals surface area contributed by atoms with E-state index >= 15 is 0 Å². The van der Waals surface area contributed by atoms with Gasteiger partial charge in [-0.2, -0.15) is 5.10 Å². The first-order chi connectivity index (χ1) is 20.2. The maximum absolute atomic E-state index is 5.49. The molecule has 0 amide bonds. The van der Waals surface area contributed by atoms with E-state index in [1.165, 1.54) is 0 Å². The minimum atomic E-state index is -0.785. The first-order valence-corrected chi connectivity index (χ1v) is 14.2. The molecule has 0 aliphatic carbocycles. The molecule has 1 aromatic heterocycles. The van der Waals surface area contributed by atoms with Crippen LogP contribution < -0.4 is 9.47 Å². The molecule has 6 aromatic rings. The third kappa shape index (κ3) is 4.72. The second-order valence-electron chi connectivity index (χ2n) is 9.69. The van der Waals surface area contributed by atoms with Crippen molar-refractivity contribution in [1.29, 1.82) is 0 Å². The van der Waals surface area contributed by atoms with Crippen LogP contribution in [-0.2, 0) is 5.54 Å². The van der Waals surface area contributed by atoms with Crippen LogP contribution >= 0.6 is 15.9 Å². The van der Waals surface area contributed by atoms with E-state index in [1.54, 1.807) is 14.2 Å². The second kappa shape index (κ2) is 11.5. The summed E-state index contributed by atoms with van der Waals surface area (Å²) in [4.78, 5) is 0. The van der Waals surface area contributed by atoms with Crippen molar-refractivity contribution >= 4 is 15.9 Å². The first kappa shape index (κ1) is 26.6. The van der Waals surface area contributed by atoms with E-state index in [4.69, 9.17) is 14.6 Å². The average Bonchev–Trinajstić information content (AvgIpc) is 3.40. The van der Waals surface area contributed by atoms with Crippen molar-refractivity contribution in [2.24, 2.45) is 0 Å². The number of hydrogen-bond donors (Lipinski definition) is 0. The summed E-state index contributed by atoms with van der Waals surface area (Å²) < 4.78 is 14.0. The topological polar surface area (TPSA) is 36.3 Å². The molecule has 0 aliphatic rings. The van der Waals surface area contributed by atoms with Gasteiger partial charge in [0.2, 0.25) is 0 Å². The van der Waals surface area contributed by atoms with Crippen molar-refractivity contribution in [1.82, 2.24) is 9.78 Å². The zero-order valence-corrected chi connectivity index (χ0v) is 24.5. The summed E-state index contributed by atoms with van der Waals surface area (Å²) in [6, 6.07) is 47.9. The van der Waals surface area contributed by atoms with E-state index in [1.807, 2.05) is 36.4 Å². The number of nitrogens with zero attached hydrogens (tertiary/aromatic N) is 2. The molecule has 0 aliphatic heterocycles. The quantitative estimate of drug-likeness (QED) is 0.164. The van der Waals surface area contributed by atoms with Gasteiger partial charge in [0.15, 0.2) is 0 Å². The summed E-state index contributed by atoms with van der Waals surface area (Å²) in [6.07, 6.45) is 0. The van der Waals surface area contributed by atoms with Crippen LogP contribution in [0.5, 0.6) is 11.5 Å². The normalized spacial score (nSPS) is 11.3. The Balaban J connectivity index is 1.75. The summed E-state index contributed by atoms with van der Waals surface area (Å²) in [7, 11) is 3.36. The molecule has 0 saturated heterocycles. The van der Waals surface area contributed by atoms with Gasteiger partial charge >= 0.3 is 0 Å². The van der Waals surface area contributed by atoms with Gasteiger partial charge in [-0.3, -0.25) is 0 Å². The van der Waals surface area contributed by atoms with Crippen LogP contribution in [0.15, 0.2) is 144 Å². The molecule has 0 fully saturated rings. The van der Waals surface area contributed by atoms with E-state index in [-0.39, 0.29) is 0 Å². The van der Waals surface area contributed by atoms with Crippen molar-refractivity contribution in [3.05, 3.63) is 161 Å².